The molecule has 2 nitrogen and oxygen atoms in total. The van der Waals surface area contributed by atoms with Gasteiger partial charge in [0.1, 0.15) is 5.82 Å². The summed E-state index contributed by atoms with van der Waals surface area (Å²) < 4.78 is 14.4. The molecular formula is C13H19BrFNO. The van der Waals surface area contributed by atoms with Gasteiger partial charge in [-0.15, -0.1) is 0 Å². The Morgan fingerprint density at radius 1 is 1.35 bits per heavy atom. The summed E-state index contributed by atoms with van der Waals surface area (Å²) in [4.78, 5) is 0. The zero-order chi connectivity index (χ0) is 13.0. The molecule has 0 aromatic heterocycles. The maximum absolute atomic E-state index is 13.7. The topological polar surface area (TPSA) is 32.3 Å². The van der Waals surface area contributed by atoms with Gasteiger partial charge in [0.05, 0.1) is 6.10 Å². The van der Waals surface area contributed by atoms with E-state index in [1.165, 1.54) is 6.07 Å². The van der Waals surface area contributed by atoms with Gasteiger partial charge >= 0.3 is 0 Å². The third-order valence-corrected chi connectivity index (χ3v) is 3.15. The number of rotatable bonds is 5. The first-order chi connectivity index (χ1) is 7.90. The van der Waals surface area contributed by atoms with E-state index in [9.17, 15) is 9.50 Å². The fourth-order valence-corrected chi connectivity index (χ4v) is 2.28. The fraction of sp³-hybridized carbons (Fsp3) is 0.538. The van der Waals surface area contributed by atoms with Crippen molar-refractivity contribution in [3.05, 3.63) is 34.1 Å². The first kappa shape index (κ1) is 14.6. The molecule has 17 heavy (non-hydrogen) atoms. The Morgan fingerprint density at radius 2 is 2.00 bits per heavy atom. The van der Waals surface area contributed by atoms with Crippen molar-refractivity contribution < 1.29 is 9.50 Å². The third-order valence-electron chi connectivity index (χ3n) is 2.66. The smallest absolute Gasteiger partial charge is 0.129 e. The molecule has 1 aromatic carbocycles. The molecule has 0 aliphatic carbocycles. The number of halogens is 2. The Labute approximate surface area is 110 Å². The molecule has 2 N–H and O–H groups in total. The molecule has 0 fully saturated rings. The molecular weight excluding hydrogens is 285 g/mol. The Morgan fingerprint density at radius 3 is 2.53 bits per heavy atom. The van der Waals surface area contributed by atoms with Crippen molar-refractivity contribution in [2.24, 2.45) is 0 Å². The summed E-state index contributed by atoms with van der Waals surface area (Å²) >= 11 is 3.24. The minimum absolute atomic E-state index is 0.0724. The minimum atomic E-state index is -0.348. The van der Waals surface area contributed by atoms with Crippen molar-refractivity contribution in [2.45, 2.75) is 45.4 Å². The molecule has 4 heteroatoms. The molecule has 3 unspecified atom stereocenters. The Hall–Kier alpha value is -0.450. The zero-order valence-electron chi connectivity index (χ0n) is 10.4. The van der Waals surface area contributed by atoms with Gasteiger partial charge in [0.15, 0.2) is 0 Å². The van der Waals surface area contributed by atoms with Crippen molar-refractivity contribution in [1.29, 1.82) is 0 Å². The SMILES string of the molecule is CC(O)CC(C)NC(C)c1ccc(Br)cc1F. The fourth-order valence-electron chi connectivity index (χ4n) is 1.95. The van der Waals surface area contributed by atoms with Crippen LogP contribution in [0.4, 0.5) is 4.39 Å². The molecule has 0 saturated heterocycles. The summed E-state index contributed by atoms with van der Waals surface area (Å²) in [6.07, 6.45) is 0.308. The van der Waals surface area contributed by atoms with Gasteiger partial charge < -0.3 is 10.4 Å². The van der Waals surface area contributed by atoms with E-state index in [-0.39, 0.29) is 24.0 Å². The monoisotopic (exact) mass is 303 g/mol. The van der Waals surface area contributed by atoms with Gasteiger partial charge in [0, 0.05) is 22.1 Å². The maximum atomic E-state index is 13.7. The highest BCUT2D eigenvalue weighted by molar-refractivity contribution is 9.10. The lowest BCUT2D eigenvalue weighted by Crippen LogP contribution is -2.31. The highest BCUT2D eigenvalue weighted by atomic mass is 79.9. The molecule has 0 radical (unpaired) electrons. The summed E-state index contributed by atoms with van der Waals surface area (Å²) in [5.74, 6) is -0.219. The van der Waals surface area contributed by atoms with E-state index in [0.29, 0.717) is 12.0 Å². The van der Waals surface area contributed by atoms with Gasteiger partial charge in [-0.05, 0) is 39.3 Å². The predicted octanol–water partition coefficient (Wildman–Crippen LogP) is 3.40. The van der Waals surface area contributed by atoms with Crippen LogP contribution in [0, 0.1) is 5.82 Å². The second-order valence-electron chi connectivity index (χ2n) is 4.54. The standard InChI is InChI=1S/C13H19BrFNO/c1-8(6-9(2)17)16-10(3)12-5-4-11(14)7-13(12)15/h4-5,7-10,16-17H,6H2,1-3H3. The first-order valence-corrected chi connectivity index (χ1v) is 6.58. The van der Waals surface area contributed by atoms with Crippen LogP contribution < -0.4 is 5.32 Å². The Balaban J connectivity index is 2.66. The van der Waals surface area contributed by atoms with Gasteiger partial charge in [-0.2, -0.15) is 0 Å². The summed E-state index contributed by atoms with van der Waals surface area (Å²) in [5.41, 5.74) is 0.644. The predicted molar refractivity (Wildman–Crippen MR) is 71.4 cm³/mol. The van der Waals surface area contributed by atoms with Gasteiger partial charge in [0.2, 0.25) is 0 Å². The summed E-state index contributed by atoms with van der Waals surface area (Å²) in [6.45, 7) is 5.66. The number of hydrogen-bond acceptors (Lipinski definition) is 2. The van der Waals surface area contributed by atoms with Crippen molar-refractivity contribution in [3.8, 4) is 0 Å². The molecule has 1 rings (SSSR count). The number of hydrogen-bond donors (Lipinski definition) is 2. The summed E-state index contributed by atoms with van der Waals surface area (Å²) in [7, 11) is 0. The van der Waals surface area contributed by atoms with E-state index in [2.05, 4.69) is 21.2 Å². The quantitative estimate of drug-likeness (QED) is 0.874. The third kappa shape index (κ3) is 4.74. The zero-order valence-corrected chi connectivity index (χ0v) is 12.0. The lowest BCUT2D eigenvalue weighted by atomic mass is 10.1. The second-order valence-corrected chi connectivity index (χ2v) is 5.46. The summed E-state index contributed by atoms with van der Waals surface area (Å²) in [5, 5.41) is 12.5. The summed E-state index contributed by atoms with van der Waals surface area (Å²) in [6, 6.07) is 5.14. The molecule has 0 spiro atoms. The van der Waals surface area contributed by atoms with E-state index >= 15 is 0 Å². The van der Waals surface area contributed by atoms with Crippen LogP contribution in [0.2, 0.25) is 0 Å². The molecule has 0 aliphatic heterocycles. The molecule has 0 saturated carbocycles. The molecule has 3 atom stereocenters. The van der Waals surface area contributed by atoms with Crippen LogP contribution in [0.3, 0.4) is 0 Å². The van der Waals surface area contributed by atoms with E-state index in [0.717, 1.165) is 4.47 Å². The van der Waals surface area contributed by atoms with Crippen LogP contribution in [0.15, 0.2) is 22.7 Å². The lowest BCUT2D eigenvalue weighted by Gasteiger charge is -2.21. The number of nitrogens with one attached hydrogen (secondary N) is 1. The van der Waals surface area contributed by atoms with Gasteiger partial charge in [0.25, 0.3) is 0 Å². The van der Waals surface area contributed by atoms with Gasteiger partial charge in [-0.1, -0.05) is 22.0 Å². The molecule has 0 heterocycles. The number of aliphatic hydroxyl groups excluding tert-OH is 1. The molecule has 0 bridgehead atoms. The average molecular weight is 304 g/mol. The van der Waals surface area contributed by atoms with E-state index in [4.69, 9.17) is 0 Å². The van der Waals surface area contributed by atoms with Crippen molar-refractivity contribution in [2.75, 3.05) is 0 Å². The van der Waals surface area contributed by atoms with Crippen LogP contribution in [0.1, 0.15) is 38.8 Å². The largest absolute Gasteiger partial charge is 0.393 e. The normalized spacial score (nSPS) is 16.6. The first-order valence-electron chi connectivity index (χ1n) is 5.79. The van der Waals surface area contributed by atoms with Crippen molar-refractivity contribution in [1.82, 2.24) is 5.32 Å². The van der Waals surface area contributed by atoms with Crippen LogP contribution in [-0.4, -0.2) is 17.3 Å². The Bertz CT molecular complexity index is 370. The average Bonchev–Trinajstić information content (AvgIpc) is 2.15. The number of benzene rings is 1. The molecule has 0 amide bonds. The lowest BCUT2D eigenvalue weighted by molar-refractivity contribution is 0.168. The number of aliphatic hydroxyl groups is 1. The van der Waals surface area contributed by atoms with Crippen LogP contribution in [-0.2, 0) is 0 Å². The maximum Gasteiger partial charge on any atom is 0.129 e. The highest BCUT2D eigenvalue weighted by Crippen LogP contribution is 2.21. The van der Waals surface area contributed by atoms with Gasteiger partial charge in [-0.3, -0.25) is 0 Å². The van der Waals surface area contributed by atoms with E-state index < -0.39 is 0 Å². The molecule has 1 aromatic rings. The van der Waals surface area contributed by atoms with E-state index in [1.807, 2.05) is 19.9 Å². The van der Waals surface area contributed by atoms with Crippen LogP contribution in [0.5, 0.6) is 0 Å². The minimum Gasteiger partial charge on any atom is -0.393 e. The van der Waals surface area contributed by atoms with Crippen molar-refractivity contribution in [3.63, 3.8) is 0 Å². The molecule has 96 valence electrons. The second kappa shape index (κ2) is 6.47. The van der Waals surface area contributed by atoms with Crippen LogP contribution in [0.25, 0.3) is 0 Å². The highest BCUT2D eigenvalue weighted by Gasteiger charge is 2.14. The van der Waals surface area contributed by atoms with E-state index in [1.54, 1.807) is 13.0 Å². The molecule has 0 aliphatic rings. The van der Waals surface area contributed by atoms with Gasteiger partial charge in [-0.25, -0.2) is 4.39 Å². The Kier molecular flexibility index (Phi) is 5.56. The van der Waals surface area contributed by atoms with Crippen LogP contribution >= 0.6 is 15.9 Å². The van der Waals surface area contributed by atoms with Crippen molar-refractivity contribution >= 4 is 15.9 Å².